The lowest BCUT2D eigenvalue weighted by Crippen LogP contribution is -2.18. The van der Waals surface area contributed by atoms with Crippen LogP contribution >= 0.6 is 15.9 Å². The van der Waals surface area contributed by atoms with Crippen LogP contribution < -0.4 is 5.32 Å². The van der Waals surface area contributed by atoms with Crippen molar-refractivity contribution in [2.45, 2.75) is 6.92 Å². The lowest BCUT2D eigenvalue weighted by Gasteiger charge is -2.01. The van der Waals surface area contributed by atoms with E-state index in [1.165, 1.54) is 11.1 Å². The van der Waals surface area contributed by atoms with Crippen molar-refractivity contribution in [1.29, 1.82) is 0 Å². The van der Waals surface area contributed by atoms with Gasteiger partial charge in [-0.2, -0.15) is 0 Å². The molecular weight excluding hydrogens is 266 g/mol. The van der Waals surface area contributed by atoms with E-state index in [9.17, 15) is 0 Å². The summed E-state index contributed by atoms with van der Waals surface area (Å²) in [7, 11) is 1.71. The Morgan fingerprint density at radius 1 is 1.44 bits per heavy atom. The quantitative estimate of drug-likeness (QED) is 0.811. The standard InChI is InChI=1S/C13H18BrNO/c1-11-5-6-12(13(14)10-11)4-3-7-15-8-9-16-2/h3-6,10,15H,7-9H2,1-2H3/b4-3+. The van der Waals surface area contributed by atoms with Crippen LogP contribution in [0.4, 0.5) is 0 Å². The first-order valence-electron chi connectivity index (χ1n) is 5.36. The summed E-state index contributed by atoms with van der Waals surface area (Å²) >= 11 is 3.55. The Morgan fingerprint density at radius 3 is 2.94 bits per heavy atom. The minimum atomic E-state index is 0.752. The molecule has 0 radical (unpaired) electrons. The van der Waals surface area contributed by atoms with Crippen molar-refractivity contribution in [3.8, 4) is 0 Å². The van der Waals surface area contributed by atoms with Gasteiger partial charge in [0, 0.05) is 24.7 Å². The highest BCUT2D eigenvalue weighted by Crippen LogP contribution is 2.19. The lowest BCUT2D eigenvalue weighted by molar-refractivity contribution is 0.200. The smallest absolute Gasteiger partial charge is 0.0587 e. The molecule has 2 nitrogen and oxygen atoms in total. The molecule has 0 aliphatic heterocycles. The summed E-state index contributed by atoms with van der Waals surface area (Å²) in [6.07, 6.45) is 4.23. The van der Waals surface area contributed by atoms with Crippen molar-refractivity contribution in [3.05, 3.63) is 39.9 Å². The predicted molar refractivity (Wildman–Crippen MR) is 72.7 cm³/mol. The summed E-state index contributed by atoms with van der Waals surface area (Å²) in [5.74, 6) is 0. The van der Waals surface area contributed by atoms with Crippen LogP contribution in [-0.2, 0) is 4.74 Å². The minimum absolute atomic E-state index is 0.752. The third kappa shape index (κ3) is 4.92. The summed E-state index contributed by atoms with van der Waals surface area (Å²) in [5.41, 5.74) is 2.47. The molecule has 1 rings (SSSR count). The molecule has 16 heavy (non-hydrogen) atoms. The molecule has 0 amide bonds. The molecule has 0 spiro atoms. The highest BCUT2D eigenvalue weighted by atomic mass is 79.9. The van der Waals surface area contributed by atoms with Crippen molar-refractivity contribution in [1.82, 2.24) is 5.32 Å². The van der Waals surface area contributed by atoms with Crippen LogP contribution in [0, 0.1) is 6.92 Å². The van der Waals surface area contributed by atoms with Crippen LogP contribution in [0.5, 0.6) is 0 Å². The number of hydrogen-bond donors (Lipinski definition) is 1. The predicted octanol–water partition coefficient (Wildman–Crippen LogP) is 3.01. The summed E-state index contributed by atoms with van der Waals surface area (Å²) in [6, 6.07) is 6.35. The van der Waals surface area contributed by atoms with Gasteiger partial charge in [0.25, 0.3) is 0 Å². The van der Waals surface area contributed by atoms with E-state index in [-0.39, 0.29) is 0 Å². The fraction of sp³-hybridized carbons (Fsp3) is 0.385. The molecule has 0 saturated heterocycles. The molecule has 88 valence electrons. The Kier molecular flexibility index (Phi) is 6.38. The molecule has 0 atom stereocenters. The van der Waals surface area contributed by atoms with Crippen molar-refractivity contribution in [3.63, 3.8) is 0 Å². The number of aryl methyl sites for hydroxylation is 1. The third-order valence-electron chi connectivity index (χ3n) is 2.20. The molecular formula is C13H18BrNO. The van der Waals surface area contributed by atoms with E-state index in [0.29, 0.717) is 0 Å². The average molecular weight is 284 g/mol. The topological polar surface area (TPSA) is 21.3 Å². The molecule has 1 aromatic rings. The van der Waals surface area contributed by atoms with Crippen molar-refractivity contribution in [2.75, 3.05) is 26.8 Å². The molecule has 0 unspecified atom stereocenters. The molecule has 0 fully saturated rings. The van der Waals surface area contributed by atoms with Gasteiger partial charge in [-0.1, -0.05) is 40.2 Å². The molecule has 0 aliphatic rings. The normalized spacial score (nSPS) is 11.2. The van der Waals surface area contributed by atoms with Gasteiger partial charge in [0.2, 0.25) is 0 Å². The summed E-state index contributed by atoms with van der Waals surface area (Å²) < 4.78 is 6.08. The lowest BCUT2D eigenvalue weighted by atomic mass is 10.1. The zero-order chi connectivity index (χ0) is 11.8. The Bertz CT molecular complexity index is 350. The minimum Gasteiger partial charge on any atom is -0.383 e. The Balaban J connectivity index is 2.38. The van der Waals surface area contributed by atoms with Gasteiger partial charge in [-0.25, -0.2) is 0 Å². The molecule has 0 heterocycles. The molecule has 0 saturated carbocycles. The number of benzene rings is 1. The first-order chi connectivity index (χ1) is 7.74. The third-order valence-corrected chi connectivity index (χ3v) is 2.89. The van der Waals surface area contributed by atoms with Crippen LogP contribution in [0.15, 0.2) is 28.7 Å². The fourth-order valence-corrected chi connectivity index (χ4v) is 1.94. The second-order valence-electron chi connectivity index (χ2n) is 3.62. The van der Waals surface area contributed by atoms with Gasteiger partial charge in [-0.05, 0) is 24.1 Å². The number of methoxy groups -OCH3 is 1. The number of ether oxygens (including phenoxy) is 1. The van der Waals surface area contributed by atoms with E-state index >= 15 is 0 Å². The van der Waals surface area contributed by atoms with Gasteiger partial charge in [0.15, 0.2) is 0 Å². The van der Waals surface area contributed by atoms with E-state index in [2.05, 4.69) is 58.5 Å². The van der Waals surface area contributed by atoms with Crippen molar-refractivity contribution in [2.24, 2.45) is 0 Å². The maximum Gasteiger partial charge on any atom is 0.0587 e. The van der Waals surface area contributed by atoms with Gasteiger partial charge in [-0.15, -0.1) is 0 Å². The Labute approximate surface area is 106 Å². The zero-order valence-corrected chi connectivity index (χ0v) is 11.4. The summed E-state index contributed by atoms with van der Waals surface area (Å²) in [5, 5.41) is 3.26. The van der Waals surface area contributed by atoms with Crippen LogP contribution in [0.25, 0.3) is 6.08 Å². The van der Waals surface area contributed by atoms with Crippen molar-refractivity contribution >= 4 is 22.0 Å². The number of rotatable bonds is 6. The van der Waals surface area contributed by atoms with Gasteiger partial charge >= 0.3 is 0 Å². The molecule has 0 aliphatic carbocycles. The second-order valence-corrected chi connectivity index (χ2v) is 4.48. The summed E-state index contributed by atoms with van der Waals surface area (Å²) in [6.45, 7) is 4.59. The number of nitrogens with one attached hydrogen (secondary N) is 1. The largest absolute Gasteiger partial charge is 0.383 e. The van der Waals surface area contributed by atoms with Crippen LogP contribution in [-0.4, -0.2) is 26.8 Å². The second kappa shape index (κ2) is 7.60. The van der Waals surface area contributed by atoms with Crippen molar-refractivity contribution < 1.29 is 4.74 Å². The van der Waals surface area contributed by atoms with E-state index < -0.39 is 0 Å². The van der Waals surface area contributed by atoms with E-state index in [1.807, 2.05) is 0 Å². The molecule has 1 N–H and O–H groups in total. The highest BCUT2D eigenvalue weighted by molar-refractivity contribution is 9.10. The van der Waals surface area contributed by atoms with Gasteiger partial charge in [-0.3, -0.25) is 0 Å². The molecule has 0 aromatic heterocycles. The highest BCUT2D eigenvalue weighted by Gasteiger charge is 1.94. The average Bonchev–Trinajstić information content (AvgIpc) is 2.26. The molecule has 0 bridgehead atoms. The van der Waals surface area contributed by atoms with E-state index in [1.54, 1.807) is 7.11 Å². The van der Waals surface area contributed by atoms with E-state index in [0.717, 1.165) is 24.2 Å². The Morgan fingerprint density at radius 2 is 2.25 bits per heavy atom. The SMILES string of the molecule is COCCNC/C=C/c1ccc(C)cc1Br. The fourth-order valence-electron chi connectivity index (χ4n) is 1.31. The zero-order valence-electron chi connectivity index (χ0n) is 9.79. The Hall–Kier alpha value is -0.640. The monoisotopic (exact) mass is 283 g/mol. The first-order valence-corrected chi connectivity index (χ1v) is 6.15. The van der Waals surface area contributed by atoms with E-state index in [4.69, 9.17) is 4.74 Å². The van der Waals surface area contributed by atoms with Gasteiger partial charge in [0.1, 0.15) is 0 Å². The van der Waals surface area contributed by atoms with Crippen LogP contribution in [0.1, 0.15) is 11.1 Å². The summed E-state index contributed by atoms with van der Waals surface area (Å²) in [4.78, 5) is 0. The first kappa shape index (κ1) is 13.4. The van der Waals surface area contributed by atoms with Gasteiger partial charge in [0.05, 0.1) is 6.61 Å². The van der Waals surface area contributed by atoms with Crippen LogP contribution in [0.3, 0.4) is 0 Å². The molecule has 3 heteroatoms. The maximum atomic E-state index is 4.94. The van der Waals surface area contributed by atoms with Crippen LogP contribution in [0.2, 0.25) is 0 Å². The van der Waals surface area contributed by atoms with Gasteiger partial charge < -0.3 is 10.1 Å². The number of halogens is 1. The molecule has 1 aromatic carbocycles. The maximum absolute atomic E-state index is 4.94. The number of hydrogen-bond acceptors (Lipinski definition) is 2.